The number of rotatable bonds is 8. The summed E-state index contributed by atoms with van der Waals surface area (Å²) >= 11 is 0. The smallest absolute Gasteiger partial charge is 0.127 e. The van der Waals surface area contributed by atoms with Gasteiger partial charge in [-0.05, 0) is 74.0 Å². The highest BCUT2D eigenvalue weighted by molar-refractivity contribution is 5.53. The summed E-state index contributed by atoms with van der Waals surface area (Å²) in [5.74, 6) is 2.28. The third-order valence-corrected chi connectivity index (χ3v) is 7.97. The fourth-order valence-corrected chi connectivity index (χ4v) is 5.73. The van der Waals surface area contributed by atoms with Crippen LogP contribution in [0.3, 0.4) is 0 Å². The van der Waals surface area contributed by atoms with Crippen LogP contribution < -0.4 is 4.74 Å². The van der Waals surface area contributed by atoms with E-state index in [1.165, 1.54) is 31.2 Å². The zero-order valence-corrected chi connectivity index (χ0v) is 19.3. The number of hydrogen-bond acceptors (Lipinski definition) is 3. The first-order valence-corrected chi connectivity index (χ1v) is 11.9. The third-order valence-electron chi connectivity index (χ3n) is 7.97. The minimum atomic E-state index is -0.200. The van der Waals surface area contributed by atoms with E-state index in [9.17, 15) is 10.2 Å². The monoisotopic (exact) mass is 402 g/mol. The van der Waals surface area contributed by atoms with E-state index in [1.807, 2.05) is 6.07 Å². The van der Waals surface area contributed by atoms with Gasteiger partial charge in [0.25, 0.3) is 0 Å². The molecular formula is C26H42O3. The predicted molar refractivity (Wildman–Crippen MR) is 120 cm³/mol. The maximum absolute atomic E-state index is 11.1. The highest BCUT2D eigenvalue weighted by atomic mass is 16.5. The first-order chi connectivity index (χ1) is 13.8. The van der Waals surface area contributed by atoms with Gasteiger partial charge in [0.05, 0.1) is 0 Å². The fourth-order valence-electron chi connectivity index (χ4n) is 5.73. The van der Waals surface area contributed by atoms with Crippen LogP contribution in [0.4, 0.5) is 0 Å². The van der Waals surface area contributed by atoms with Gasteiger partial charge in [-0.15, -0.1) is 0 Å². The molecular weight excluding hydrogens is 360 g/mol. The Balaban J connectivity index is 1.94. The molecule has 1 aliphatic heterocycles. The summed E-state index contributed by atoms with van der Waals surface area (Å²) in [6.07, 6.45) is 10.2. The Morgan fingerprint density at radius 2 is 1.90 bits per heavy atom. The van der Waals surface area contributed by atoms with Crippen LogP contribution in [0, 0.1) is 11.8 Å². The van der Waals surface area contributed by atoms with Crippen molar-refractivity contribution in [2.75, 3.05) is 6.61 Å². The van der Waals surface area contributed by atoms with Gasteiger partial charge in [0.1, 0.15) is 17.1 Å². The molecule has 0 saturated heterocycles. The number of benzene rings is 1. The average molecular weight is 403 g/mol. The van der Waals surface area contributed by atoms with Crippen molar-refractivity contribution >= 4 is 0 Å². The van der Waals surface area contributed by atoms with E-state index >= 15 is 0 Å². The zero-order valence-electron chi connectivity index (χ0n) is 19.3. The number of fused-ring (bicyclic) bond motifs is 3. The second kappa shape index (κ2) is 8.88. The molecule has 3 heteroatoms. The van der Waals surface area contributed by atoms with Crippen molar-refractivity contribution < 1.29 is 14.9 Å². The first-order valence-electron chi connectivity index (χ1n) is 11.9. The molecule has 0 bridgehead atoms. The minimum absolute atomic E-state index is 0.0171. The van der Waals surface area contributed by atoms with E-state index in [0.29, 0.717) is 17.6 Å². The lowest BCUT2D eigenvalue weighted by atomic mass is 9.62. The van der Waals surface area contributed by atoms with Crippen molar-refractivity contribution in [1.29, 1.82) is 0 Å². The normalized spacial score (nSPS) is 29.1. The lowest BCUT2D eigenvalue weighted by Crippen LogP contribution is -2.49. The Kier molecular flexibility index (Phi) is 6.88. The minimum Gasteiger partial charge on any atom is -0.508 e. The molecule has 0 amide bonds. The van der Waals surface area contributed by atoms with Gasteiger partial charge in [0.15, 0.2) is 0 Å². The first kappa shape index (κ1) is 22.5. The molecule has 0 radical (unpaired) electrons. The van der Waals surface area contributed by atoms with Crippen LogP contribution in [0.5, 0.6) is 11.5 Å². The van der Waals surface area contributed by atoms with Crippen molar-refractivity contribution in [3.05, 3.63) is 23.3 Å². The van der Waals surface area contributed by atoms with E-state index in [4.69, 9.17) is 4.74 Å². The quantitative estimate of drug-likeness (QED) is 0.476. The summed E-state index contributed by atoms with van der Waals surface area (Å²) < 4.78 is 6.64. The Labute approximate surface area is 177 Å². The molecule has 4 atom stereocenters. The summed E-state index contributed by atoms with van der Waals surface area (Å²) in [5, 5.41) is 20.9. The molecule has 1 aliphatic carbocycles. The number of ether oxygens (including phenoxy) is 1. The summed E-state index contributed by atoms with van der Waals surface area (Å²) in [5.41, 5.74) is 1.99. The van der Waals surface area contributed by atoms with Crippen molar-refractivity contribution in [2.24, 2.45) is 11.8 Å². The zero-order chi connectivity index (χ0) is 21.2. The molecule has 0 unspecified atom stereocenters. The van der Waals surface area contributed by atoms with Gasteiger partial charge in [-0.2, -0.15) is 0 Å². The molecule has 1 aromatic carbocycles. The largest absolute Gasteiger partial charge is 0.508 e. The topological polar surface area (TPSA) is 49.7 Å². The molecule has 3 rings (SSSR count). The SMILES string of the molecule is CCCCCCC(C)(C)c1cc(O)c2c(c1)O[C@@](C)(CC)[C@@H]1CC[C@@H](CO)C[C@@H]21. The Morgan fingerprint density at radius 3 is 2.55 bits per heavy atom. The second-order valence-electron chi connectivity index (χ2n) is 10.4. The highest BCUT2D eigenvalue weighted by Gasteiger charge is 2.49. The lowest BCUT2D eigenvalue weighted by Gasteiger charge is -2.50. The Hall–Kier alpha value is -1.22. The average Bonchev–Trinajstić information content (AvgIpc) is 2.70. The maximum atomic E-state index is 11.1. The summed E-state index contributed by atoms with van der Waals surface area (Å²) in [4.78, 5) is 0. The number of hydrogen-bond donors (Lipinski definition) is 2. The number of aliphatic hydroxyl groups is 1. The van der Waals surface area contributed by atoms with Crippen LogP contribution in [0.1, 0.15) is 109 Å². The van der Waals surface area contributed by atoms with E-state index in [1.54, 1.807) is 0 Å². The van der Waals surface area contributed by atoms with Crippen molar-refractivity contribution in [1.82, 2.24) is 0 Å². The number of phenolic OH excluding ortho intramolecular Hbond substituents is 1. The molecule has 3 nitrogen and oxygen atoms in total. The molecule has 2 aliphatic rings. The van der Waals surface area contributed by atoms with Gasteiger partial charge in [-0.3, -0.25) is 0 Å². The van der Waals surface area contributed by atoms with Crippen LogP contribution in [0.15, 0.2) is 12.1 Å². The third kappa shape index (κ3) is 4.45. The van der Waals surface area contributed by atoms with Gasteiger partial charge in [0.2, 0.25) is 0 Å². The van der Waals surface area contributed by atoms with Crippen LogP contribution in [0.2, 0.25) is 0 Å². The van der Waals surface area contributed by atoms with Crippen LogP contribution in [0.25, 0.3) is 0 Å². The van der Waals surface area contributed by atoms with Crippen molar-refractivity contribution in [3.8, 4) is 11.5 Å². The molecule has 1 heterocycles. The molecule has 29 heavy (non-hydrogen) atoms. The van der Waals surface area contributed by atoms with E-state index in [-0.39, 0.29) is 23.5 Å². The number of aliphatic hydroxyl groups excluding tert-OH is 1. The maximum Gasteiger partial charge on any atom is 0.127 e. The predicted octanol–water partition coefficient (Wildman–Crippen LogP) is 6.69. The fraction of sp³-hybridized carbons (Fsp3) is 0.769. The summed E-state index contributed by atoms with van der Waals surface area (Å²) in [6, 6.07) is 4.21. The molecule has 164 valence electrons. The second-order valence-corrected chi connectivity index (χ2v) is 10.4. The van der Waals surface area contributed by atoms with E-state index < -0.39 is 0 Å². The highest BCUT2D eigenvalue weighted by Crippen LogP contribution is 2.56. The number of unbranched alkanes of at least 4 members (excludes halogenated alkanes) is 3. The van der Waals surface area contributed by atoms with Crippen LogP contribution >= 0.6 is 0 Å². The van der Waals surface area contributed by atoms with Gasteiger partial charge in [-0.1, -0.05) is 53.4 Å². The molecule has 0 aromatic heterocycles. The lowest BCUT2D eigenvalue weighted by molar-refractivity contribution is -0.0372. The Bertz CT molecular complexity index is 695. The van der Waals surface area contributed by atoms with Gasteiger partial charge in [0, 0.05) is 18.1 Å². The number of phenols is 1. The summed E-state index contributed by atoms with van der Waals surface area (Å²) in [6.45, 7) is 11.5. The number of aromatic hydroxyl groups is 1. The Morgan fingerprint density at radius 1 is 1.14 bits per heavy atom. The van der Waals surface area contributed by atoms with Gasteiger partial charge < -0.3 is 14.9 Å². The molecule has 1 saturated carbocycles. The molecule has 1 fully saturated rings. The molecule has 1 aromatic rings. The van der Waals surface area contributed by atoms with Gasteiger partial charge >= 0.3 is 0 Å². The standard InChI is InChI=1S/C26H42O3/c1-6-8-9-10-13-25(3,4)19-15-22(28)24-20-14-18(17-27)11-12-21(20)26(5,7-2)29-23(24)16-19/h15-16,18,20-21,27-28H,6-14,17H2,1-5H3/t18-,20-,21-,26+/m1/s1. The molecule has 2 N–H and O–H groups in total. The van der Waals surface area contributed by atoms with Gasteiger partial charge in [-0.25, -0.2) is 0 Å². The van der Waals surface area contributed by atoms with Crippen molar-refractivity contribution in [2.45, 2.75) is 109 Å². The molecule has 0 spiro atoms. The van der Waals surface area contributed by atoms with E-state index in [0.717, 1.165) is 43.4 Å². The van der Waals surface area contributed by atoms with E-state index in [2.05, 4.69) is 40.7 Å². The van der Waals surface area contributed by atoms with Crippen LogP contribution in [-0.4, -0.2) is 22.4 Å². The van der Waals surface area contributed by atoms with Crippen LogP contribution in [-0.2, 0) is 5.41 Å². The summed E-state index contributed by atoms with van der Waals surface area (Å²) in [7, 11) is 0. The van der Waals surface area contributed by atoms with Crippen molar-refractivity contribution in [3.63, 3.8) is 0 Å².